The summed E-state index contributed by atoms with van der Waals surface area (Å²) in [4.78, 5) is 162. The van der Waals surface area contributed by atoms with Gasteiger partial charge >= 0.3 is 0 Å². The van der Waals surface area contributed by atoms with Crippen molar-refractivity contribution in [1.29, 1.82) is 0 Å². The topological polar surface area (TPSA) is 506 Å². The van der Waals surface area contributed by atoms with Crippen LogP contribution in [0, 0.1) is 0 Å². The van der Waals surface area contributed by atoms with Crippen molar-refractivity contribution in [1.82, 2.24) is 0 Å². The SMILES string of the molecule is C.C.C.C.C.C.C.C.C.CC(C)(C)P(=O)([O-])[O-].CC(C)(C)P(=O)([O-])[O-].CC(C)(C)P(=O)([O-])[O-].CC(C)(C)P(=O)([O-])[O-].CC(C)(C)P(=O)([O-])[O-].CC(C)(C)P(=O)([O-])[O-].CC(C)(C)P(=O)([O-])[O-].CC(C)(C)P(=O)([O-])[O-]. The van der Waals surface area contributed by atoms with E-state index in [0.717, 1.165) is 0 Å². The van der Waals surface area contributed by atoms with E-state index in [1.807, 2.05) is 0 Å². The molecule has 0 aromatic heterocycles. The van der Waals surface area contributed by atoms with Gasteiger partial charge in [0.25, 0.3) is 0 Å². The molecule has 0 fully saturated rings. The van der Waals surface area contributed by atoms with E-state index >= 15 is 0 Å². The summed E-state index contributed by atoms with van der Waals surface area (Å²) in [5.74, 6) is 0. The highest BCUT2D eigenvalue weighted by Crippen LogP contribution is 2.45. The van der Waals surface area contributed by atoms with Crippen LogP contribution in [-0.4, -0.2) is 41.2 Å². The van der Waals surface area contributed by atoms with Crippen LogP contribution in [0.25, 0.3) is 0 Å². The molecule has 0 rings (SSSR count). The molecule has 24 nitrogen and oxygen atoms in total. The Morgan fingerprint density at radius 1 is 0.151 bits per heavy atom. The second-order valence-electron chi connectivity index (χ2n) is 21.3. The first-order valence-corrected chi connectivity index (χ1v) is 30.5. The average molecular weight is 1230 g/mol. The zero-order valence-electron chi connectivity index (χ0n) is 41.4. The lowest BCUT2D eigenvalue weighted by Gasteiger charge is -2.42. The smallest absolute Gasteiger partial charge is 0.0104 e. The Balaban J connectivity index is -0.0000000322. The van der Waals surface area contributed by atoms with Gasteiger partial charge in [-0.3, -0.25) is 0 Å². The molecule has 0 aromatic rings. The summed E-state index contributed by atoms with van der Waals surface area (Å²) in [6, 6.07) is 0. The second-order valence-corrected chi connectivity index (χ2v) is 40.0. The molecule has 73 heavy (non-hydrogen) atoms. The molecule has 0 aliphatic rings. The molecule has 0 amide bonds. The third-order valence-electron chi connectivity index (χ3n) is 6.57. The molecule has 0 aromatic carbocycles. The summed E-state index contributed by atoms with van der Waals surface area (Å²) in [5.41, 5.74) is 0. The van der Waals surface area contributed by atoms with Crippen molar-refractivity contribution in [3.63, 3.8) is 0 Å². The van der Waals surface area contributed by atoms with E-state index in [1.54, 1.807) is 0 Å². The van der Waals surface area contributed by atoms with E-state index in [9.17, 15) is 115 Å². The molecule has 0 spiro atoms. The minimum absolute atomic E-state index is 0. The Kier molecular flexibility index (Phi) is 67.2. The fraction of sp³-hybridized carbons (Fsp3) is 1.00. The number of rotatable bonds is 0. The average Bonchev–Trinajstić information content (AvgIpc) is 2.81. The molecule has 0 bridgehead atoms. The predicted molar refractivity (Wildman–Crippen MR) is 279 cm³/mol. The predicted octanol–water partition coefficient (Wildman–Crippen LogP) is 3.31. The molecule has 0 unspecified atom stereocenters. The van der Waals surface area contributed by atoms with Gasteiger partial charge in [0.15, 0.2) is 0 Å². The van der Waals surface area contributed by atoms with E-state index < -0.39 is 102 Å². The first kappa shape index (κ1) is 122. The maximum absolute atomic E-state index is 10.1. The van der Waals surface area contributed by atoms with Gasteiger partial charge in [0.05, 0.1) is 0 Å². The standard InChI is InChI=1S/8C4H11O3P.9CH4/c8*1-4(2,3)8(5,6)7;;;;;;;;;/h8*1-3H3,(H2,5,6,7);9*1H4/p-16. The van der Waals surface area contributed by atoms with Crippen molar-refractivity contribution in [3.8, 4) is 0 Å². The van der Waals surface area contributed by atoms with Crippen LogP contribution in [0.1, 0.15) is 233 Å². The van der Waals surface area contributed by atoms with Gasteiger partial charge in [0.1, 0.15) is 0 Å². The zero-order chi connectivity index (χ0) is 56.0. The van der Waals surface area contributed by atoms with Crippen molar-refractivity contribution in [2.24, 2.45) is 0 Å². The Bertz CT molecular complexity index is 1330. The maximum Gasteiger partial charge on any atom is -0.0104 e. The molecule has 0 aliphatic heterocycles. The molecule has 0 saturated carbocycles. The van der Waals surface area contributed by atoms with Crippen molar-refractivity contribution in [2.75, 3.05) is 0 Å². The van der Waals surface area contributed by atoms with Gasteiger partial charge in [-0.15, -0.1) is 0 Å². The van der Waals surface area contributed by atoms with Crippen molar-refractivity contribution in [3.05, 3.63) is 0 Å². The molecule has 0 aliphatic carbocycles. The molecule has 0 radical (unpaired) electrons. The van der Waals surface area contributed by atoms with Gasteiger partial charge in [-0.05, 0) is 41.2 Å². The van der Waals surface area contributed by atoms with Crippen LogP contribution < -0.4 is 78.3 Å². The Hall–Kier alpha value is 1.20. The van der Waals surface area contributed by atoms with E-state index in [2.05, 4.69) is 0 Å². The first-order valence-electron chi connectivity index (χ1n) is 18.2. The maximum atomic E-state index is 10.1. The highest BCUT2D eigenvalue weighted by molar-refractivity contribution is 7.52. The molecular formula is C41H108O24P8-16. The summed E-state index contributed by atoms with van der Waals surface area (Å²) in [6.45, 7) is 33.2. The third kappa shape index (κ3) is 69.3. The summed E-state index contributed by atoms with van der Waals surface area (Å²) in [7, 11) is -34.8. The Morgan fingerprint density at radius 2 is 0.164 bits per heavy atom. The summed E-state index contributed by atoms with van der Waals surface area (Å²) < 4.78 is 81.0. The first-order chi connectivity index (χ1) is 26.0. The van der Waals surface area contributed by atoms with Crippen LogP contribution in [0.3, 0.4) is 0 Å². The van der Waals surface area contributed by atoms with E-state index in [4.69, 9.17) is 0 Å². The minimum Gasteiger partial charge on any atom is -0.810 e. The largest absolute Gasteiger partial charge is 0.810 e. The molecule has 0 atom stereocenters. The Morgan fingerprint density at radius 3 is 0.164 bits per heavy atom. The molecule has 0 heterocycles. The van der Waals surface area contributed by atoms with Gasteiger partial charge < -0.3 is 115 Å². The normalized spacial score (nSPS) is 12.4. The quantitative estimate of drug-likeness (QED) is 0.314. The second kappa shape index (κ2) is 40.4. The lowest BCUT2D eigenvalue weighted by molar-refractivity contribution is -0.321. The van der Waals surface area contributed by atoms with Gasteiger partial charge in [-0.2, -0.15) is 0 Å². The van der Waals surface area contributed by atoms with Crippen LogP contribution in [0.15, 0.2) is 0 Å². The number of hydrogen-bond donors (Lipinski definition) is 0. The molecule has 472 valence electrons. The summed E-state index contributed by atoms with van der Waals surface area (Å²) in [5, 5.41) is -8.94. The lowest BCUT2D eigenvalue weighted by Crippen LogP contribution is -2.30. The van der Waals surface area contributed by atoms with Gasteiger partial charge in [-0.1, -0.05) is 294 Å². The molecular weight excluding hydrogens is 1120 g/mol. The summed E-state index contributed by atoms with van der Waals surface area (Å²) in [6.07, 6.45) is 0. The summed E-state index contributed by atoms with van der Waals surface area (Å²) >= 11 is 0. The fourth-order valence-electron chi connectivity index (χ4n) is 0. The zero-order valence-corrected chi connectivity index (χ0v) is 48.5. The Labute approximate surface area is 448 Å². The highest BCUT2D eigenvalue weighted by atomic mass is 31.2. The van der Waals surface area contributed by atoms with Crippen LogP contribution in [-0.2, 0) is 36.5 Å². The van der Waals surface area contributed by atoms with Crippen LogP contribution in [0.2, 0.25) is 0 Å². The van der Waals surface area contributed by atoms with Crippen molar-refractivity contribution in [2.45, 2.75) is 274 Å². The highest BCUT2D eigenvalue weighted by Gasteiger charge is 2.18. The molecule has 0 saturated heterocycles. The van der Waals surface area contributed by atoms with Gasteiger partial charge in [0, 0.05) is 0 Å². The van der Waals surface area contributed by atoms with Gasteiger partial charge in [-0.25, -0.2) is 0 Å². The fourth-order valence-corrected chi connectivity index (χ4v) is 0. The van der Waals surface area contributed by atoms with E-state index in [-0.39, 0.29) is 66.8 Å². The van der Waals surface area contributed by atoms with Crippen LogP contribution >= 0.6 is 60.8 Å². The van der Waals surface area contributed by atoms with Crippen molar-refractivity contribution < 1.29 is 115 Å². The van der Waals surface area contributed by atoms with Crippen molar-refractivity contribution >= 4 is 60.8 Å². The minimum atomic E-state index is -4.35. The molecule has 32 heteroatoms. The monoisotopic (exact) mass is 1230 g/mol. The van der Waals surface area contributed by atoms with Crippen LogP contribution in [0.4, 0.5) is 0 Å². The van der Waals surface area contributed by atoms with Gasteiger partial charge in [0.2, 0.25) is 0 Å². The van der Waals surface area contributed by atoms with E-state index in [1.165, 1.54) is 166 Å². The molecule has 0 N–H and O–H groups in total. The number of hydrogen-bond acceptors (Lipinski definition) is 24. The third-order valence-corrected chi connectivity index (χ3v) is 19.7. The van der Waals surface area contributed by atoms with Crippen LogP contribution in [0.5, 0.6) is 0 Å². The lowest BCUT2D eigenvalue weighted by atomic mass is 10.3. The van der Waals surface area contributed by atoms with E-state index in [0.29, 0.717) is 0 Å².